The van der Waals surface area contributed by atoms with Crippen LogP contribution in [0.15, 0.2) is 88.1 Å². The average molecular weight is 520 g/mol. The first kappa shape index (κ1) is 26.0. The Labute approximate surface area is 219 Å². The van der Waals surface area contributed by atoms with Crippen molar-refractivity contribution in [3.63, 3.8) is 0 Å². The summed E-state index contributed by atoms with van der Waals surface area (Å²) < 4.78 is 16.2. The van der Waals surface area contributed by atoms with Gasteiger partial charge in [-0.3, -0.25) is 0 Å². The molecule has 1 atom stereocenters. The zero-order valence-electron chi connectivity index (χ0n) is 20.2. The number of alkyl carbamates (subject to hydrolysis) is 1. The van der Waals surface area contributed by atoms with Gasteiger partial charge in [0.15, 0.2) is 11.8 Å². The third-order valence-corrected chi connectivity index (χ3v) is 6.03. The molecule has 7 nitrogen and oxygen atoms in total. The number of ether oxygens (including phenoxy) is 2. The Bertz CT molecular complexity index is 1440. The molecule has 4 aromatic rings. The summed E-state index contributed by atoms with van der Waals surface area (Å²) in [5, 5.41) is 3.42. The number of unbranched alkanes of at least 4 members (excludes halogenated alkanes) is 1. The molecule has 0 aliphatic heterocycles. The normalized spacial score (nSPS) is 11.6. The van der Waals surface area contributed by atoms with Gasteiger partial charge >= 0.3 is 17.7 Å². The molecule has 0 fully saturated rings. The number of benzene rings is 3. The lowest BCUT2D eigenvalue weighted by molar-refractivity contribution is -0.136. The molecule has 1 aromatic heterocycles. The maximum atomic E-state index is 13.2. The summed E-state index contributed by atoms with van der Waals surface area (Å²) in [5.74, 6) is -0.774. The van der Waals surface area contributed by atoms with Gasteiger partial charge in [-0.15, -0.1) is 0 Å². The van der Waals surface area contributed by atoms with E-state index in [1.165, 1.54) is 12.1 Å². The van der Waals surface area contributed by atoms with E-state index in [2.05, 4.69) is 12.2 Å². The minimum atomic E-state index is -1.17. The molecule has 4 rings (SSSR count). The second-order valence-electron chi connectivity index (χ2n) is 8.44. The summed E-state index contributed by atoms with van der Waals surface area (Å²) in [5.41, 5.74) is 1.88. The summed E-state index contributed by atoms with van der Waals surface area (Å²) in [7, 11) is 0. The van der Waals surface area contributed by atoms with Crippen LogP contribution in [0.4, 0.5) is 4.79 Å². The van der Waals surface area contributed by atoms with Crippen molar-refractivity contribution in [3.05, 3.63) is 111 Å². The summed E-state index contributed by atoms with van der Waals surface area (Å²) in [6.07, 6.45) is 1.77. The summed E-state index contributed by atoms with van der Waals surface area (Å²) in [6, 6.07) is 21.1. The molecule has 0 aliphatic rings. The van der Waals surface area contributed by atoms with Gasteiger partial charge in [-0.05, 0) is 35.6 Å². The third kappa shape index (κ3) is 6.77. The zero-order chi connectivity index (χ0) is 26.2. The zero-order valence-corrected chi connectivity index (χ0v) is 21.0. The summed E-state index contributed by atoms with van der Waals surface area (Å²) in [4.78, 5) is 37.9. The SMILES string of the molecule is CCCCc1cc(=O)oc2cc(OC(=O)[C@@H](NC(=O)OCc3ccccc3)c3ccccc3)c(Cl)cc12. The molecule has 1 heterocycles. The van der Waals surface area contributed by atoms with Gasteiger partial charge in [-0.2, -0.15) is 0 Å². The Hall–Kier alpha value is -4.10. The number of rotatable bonds is 9. The molecule has 0 saturated carbocycles. The molecule has 37 heavy (non-hydrogen) atoms. The number of hydrogen-bond donors (Lipinski definition) is 1. The largest absolute Gasteiger partial charge is 0.445 e. The van der Waals surface area contributed by atoms with Crippen LogP contribution in [0.3, 0.4) is 0 Å². The number of halogens is 1. The molecule has 0 unspecified atom stereocenters. The summed E-state index contributed by atoms with van der Waals surface area (Å²) >= 11 is 6.46. The van der Waals surface area contributed by atoms with E-state index in [1.54, 1.807) is 36.4 Å². The number of carbonyl (C=O) groups excluding carboxylic acids is 2. The summed E-state index contributed by atoms with van der Waals surface area (Å²) in [6.45, 7) is 2.10. The maximum Gasteiger partial charge on any atom is 0.408 e. The second-order valence-corrected chi connectivity index (χ2v) is 8.85. The predicted octanol–water partition coefficient (Wildman–Crippen LogP) is 6.36. The van der Waals surface area contributed by atoms with E-state index in [0.717, 1.165) is 24.0 Å². The lowest BCUT2D eigenvalue weighted by Gasteiger charge is -2.18. The Morgan fingerprint density at radius 3 is 2.41 bits per heavy atom. The van der Waals surface area contributed by atoms with Crippen molar-refractivity contribution in [1.29, 1.82) is 0 Å². The number of carbonyl (C=O) groups is 2. The molecule has 0 radical (unpaired) electrons. The van der Waals surface area contributed by atoms with Crippen molar-refractivity contribution >= 4 is 34.6 Å². The van der Waals surface area contributed by atoms with Crippen LogP contribution in [0.1, 0.15) is 42.5 Å². The van der Waals surface area contributed by atoms with Crippen LogP contribution < -0.4 is 15.7 Å². The van der Waals surface area contributed by atoms with Gasteiger partial charge < -0.3 is 19.2 Å². The van der Waals surface area contributed by atoms with E-state index in [4.69, 9.17) is 25.5 Å². The molecule has 0 spiro atoms. The number of aryl methyl sites for hydroxylation is 1. The lowest BCUT2D eigenvalue weighted by atomic mass is 10.0. The van der Waals surface area contributed by atoms with E-state index >= 15 is 0 Å². The Kier molecular flexibility index (Phi) is 8.59. The van der Waals surface area contributed by atoms with Gasteiger partial charge in [0.2, 0.25) is 0 Å². The molecule has 1 amide bonds. The monoisotopic (exact) mass is 519 g/mol. The maximum absolute atomic E-state index is 13.2. The first-order valence-electron chi connectivity index (χ1n) is 11.9. The van der Waals surface area contributed by atoms with Gasteiger partial charge in [0.25, 0.3) is 0 Å². The first-order valence-corrected chi connectivity index (χ1v) is 12.3. The predicted molar refractivity (Wildman–Crippen MR) is 141 cm³/mol. The second kappa shape index (κ2) is 12.2. The Balaban J connectivity index is 1.56. The van der Waals surface area contributed by atoms with Crippen LogP contribution in [-0.4, -0.2) is 12.1 Å². The molecule has 0 saturated heterocycles. The molecule has 8 heteroatoms. The number of amides is 1. The van der Waals surface area contributed by atoms with Crippen molar-refractivity contribution in [2.45, 2.75) is 38.8 Å². The average Bonchev–Trinajstić information content (AvgIpc) is 2.91. The number of nitrogens with one attached hydrogen (secondary N) is 1. The van der Waals surface area contributed by atoms with Crippen molar-refractivity contribution in [1.82, 2.24) is 5.32 Å². The lowest BCUT2D eigenvalue weighted by Crippen LogP contribution is -2.36. The number of esters is 1. The van der Waals surface area contributed by atoms with E-state index in [-0.39, 0.29) is 23.0 Å². The van der Waals surface area contributed by atoms with Gasteiger partial charge in [0.05, 0.1) is 5.02 Å². The third-order valence-electron chi connectivity index (χ3n) is 5.74. The molecular formula is C29H26ClNO6. The minimum Gasteiger partial charge on any atom is -0.445 e. The van der Waals surface area contributed by atoms with Crippen molar-refractivity contribution in [2.75, 3.05) is 0 Å². The van der Waals surface area contributed by atoms with Crippen molar-refractivity contribution in [2.24, 2.45) is 0 Å². The highest BCUT2D eigenvalue weighted by Gasteiger charge is 2.26. The van der Waals surface area contributed by atoms with Gasteiger partial charge in [0, 0.05) is 17.5 Å². The van der Waals surface area contributed by atoms with Crippen LogP contribution in [-0.2, 0) is 22.6 Å². The topological polar surface area (TPSA) is 94.8 Å². The van der Waals surface area contributed by atoms with Gasteiger partial charge in [-0.1, -0.05) is 85.6 Å². The van der Waals surface area contributed by atoms with E-state index < -0.39 is 23.7 Å². The Morgan fingerprint density at radius 2 is 1.70 bits per heavy atom. The first-order chi connectivity index (χ1) is 17.9. The van der Waals surface area contributed by atoms with Crippen LogP contribution in [0.2, 0.25) is 5.02 Å². The van der Waals surface area contributed by atoms with Crippen LogP contribution in [0.25, 0.3) is 11.0 Å². The molecule has 3 aromatic carbocycles. The van der Waals surface area contributed by atoms with E-state index in [1.807, 2.05) is 30.3 Å². The fraction of sp³-hybridized carbons (Fsp3) is 0.207. The van der Waals surface area contributed by atoms with Crippen molar-refractivity contribution < 1.29 is 23.5 Å². The van der Waals surface area contributed by atoms with Crippen LogP contribution >= 0.6 is 11.6 Å². The highest BCUT2D eigenvalue weighted by molar-refractivity contribution is 6.33. The highest BCUT2D eigenvalue weighted by Crippen LogP contribution is 2.32. The highest BCUT2D eigenvalue weighted by atomic mass is 35.5. The molecular weight excluding hydrogens is 494 g/mol. The standard InChI is InChI=1S/C29H26ClNO6/c1-2-3-12-21-15-26(32)36-24-17-25(23(30)16-22(21)24)37-28(33)27(20-13-8-5-9-14-20)31-29(34)35-18-19-10-6-4-7-11-19/h4-11,13-17,27H,2-3,12,18H2,1H3,(H,31,34)/t27-/m0/s1. The van der Waals surface area contributed by atoms with Crippen LogP contribution in [0, 0.1) is 0 Å². The smallest absolute Gasteiger partial charge is 0.408 e. The molecule has 0 bridgehead atoms. The number of fused-ring (bicyclic) bond motifs is 1. The van der Waals surface area contributed by atoms with Gasteiger partial charge in [0.1, 0.15) is 12.2 Å². The van der Waals surface area contributed by atoms with Crippen LogP contribution in [0.5, 0.6) is 5.75 Å². The molecule has 1 N–H and O–H groups in total. The van der Waals surface area contributed by atoms with Gasteiger partial charge in [-0.25, -0.2) is 14.4 Å². The molecule has 190 valence electrons. The van der Waals surface area contributed by atoms with E-state index in [0.29, 0.717) is 17.4 Å². The minimum absolute atomic E-state index is 0.00958. The number of hydrogen-bond acceptors (Lipinski definition) is 6. The fourth-order valence-corrected chi connectivity index (χ4v) is 4.06. The van der Waals surface area contributed by atoms with Crippen molar-refractivity contribution in [3.8, 4) is 5.75 Å². The quantitative estimate of drug-likeness (QED) is 0.157. The fourth-order valence-electron chi connectivity index (χ4n) is 3.85. The molecule has 0 aliphatic carbocycles. The Morgan fingerprint density at radius 1 is 1.00 bits per heavy atom. The van der Waals surface area contributed by atoms with E-state index in [9.17, 15) is 14.4 Å².